The molecule has 2 unspecified atom stereocenters. The van der Waals surface area contributed by atoms with Crippen LogP contribution in [0.2, 0.25) is 0 Å². The Hall–Kier alpha value is -1.56. The molecule has 1 fully saturated rings. The predicted octanol–water partition coefficient (Wildman–Crippen LogP) is 4.38. The molecule has 3 rings (SSSR count). The van der Waals surface area contributed by atoms with E-state index in [1.165, 1.54) is 32.1 Å². The zero-order chi connectivity index (χ0) is 16.9. The number of rotatable bonds is 7. The van der Waals surface area contributed by atoms with Gasteiger partial charge in [-0.05, 0) is 53.2 Å². The maximum absolute atomic E-state index is 12.5. The van der Waals surface area contributed by atoms with Crippen LogP contribution in [0.25, 0.3) is 0 Å². The third-order valence-electron chi connectivity index (χ3n) is 4.71. The molecule has 2 aromatic rings. The van der Waals surface area contributed by atoms with Gasteiger partial charge >= 0.3 is 0 Å². The van der Waals surface area contributed by atoms with Crippen LogP contribution < -0.4 is 5.32 Å². The van der Waals surface area contributed by atoms with Crippen molar-refractivity contribution in [3.8, 4) is 0 Å². The van der Waals surface area contributed by atoms with Crippen molar-refractivity contribution in [1.29, 1.82) is 0 Å². The first-order chi connectivity index (χ1) is 11.7. The molecule has 0 aliphatic heterocycles. The Morgan fingerprint density at radius 3 is 3.08 bits per heavy atom. The maximum atomic E-state index is 12.5. The van der Waals surface area contributed by atoms with E-state index in [4.69, 9.17) is 4.42 Å². The van der Waals surface area contributed by atoms with E-state index in [0.29, 0.717) is 24.3 Å². The van der Waals surface area contributed by atoms with Gasteiger partial charge in [-0.2, -0.15) is 5.10 Å². The number of carbonyl (C=O) groups excluding carboxylic acids is 1. The van der Waals surface area contributed by atoms with E-state index in [-0.39, 0.29) is 5.91 Å². The Bertz CT molecular complexity index is 679. The first kappa shape index (κ1) is 17.3. The van der Waals surface area contributed by atoms with Gasteiger partial charge in [0.15, 0.2) is 5.76 Å². The highest BCUT2D eigenvalue weighted by Gasteiger charge is 2.28. The van der Waals surface area contributed by atoms with Crippen LogP contribution in [0.15, 0.2) is 33.4 Å². The fraction of sp³-hybridized carbons (Fsp3) is 0.556. The molecule has 0 bridgehead atoms. The molecule has 1 aliphatic carbocycles. The molecule has 0 radical (unpaired) electrons. The number of amides is 1. The molecular weight excluding hydrogens is 370 g/mol. The highest BCUT2D eigenvalue weighted by Crippen LogP contribution is 2.30. The summed E-state index contributed by atoms with van der Waals surface area (Å²) in [5.74, 6) is 1.63. The van der Waals surface area contributed by atoms with Gasteiger partial charge in [0.25, 0.3) is 5.91 Å². The number of carbonyl (C=O) groups is 1. The first-order valence-corrected chi connectivity index (χ1v) is 9.52. The third-order valence-corrected chi connectivity index (χ3v) is 5.12. The number of unbranched alkanes of at least 4 members (excludes halogenated alkanes) is 1. The molecule has 2 atom stereocenters. The minimum absolute atomic E-state index is 0.101. The second kappa shape index (κ2) is 8.01. The van der Waals surface area contributed by atoms with Gasteiger partial charge in [-0.1, -0.05) is 26.2 Å². The third kappa shape index (κ3) is 4.29. The summed E-state index contributed by atoms with van der Waals surface area (Å²) in [6, 6.07) is 3.88. The first-order valence-electron chi connectivity index (χ1n) is 8.73. The zero-order valence-electron chi connectivity index (χ0n) is 14.0. The van der Waals surface area contributed by atoms with Crippen molar-refractivity contribution in [2.75, 3.05) is 0 Å². The summed E-state index contributed by atoms with van der Waals surface area (Å²) in [5.41, 5.74) is 0. The van der Waals surface area contributed by atoms with Crippen molar-refractivity contribution in [2.24, 2.45) is 5.92 Å². The molecule has 0 spiro atoms. The highest BCUT2D eigenvalue weighted by molar-refractivity contribution is 9.10. The van der Waals surface area contributed by atoms with Crippen LogP contribution in [0.1, 0.15) is 61.8 Å². The van der Waals surface area contributed by atoms with Crippen LogP contribution in [0.3, 0.4) is 0 Å². The van der Waals surface area contributed by atoms with E-state index in [2.05, 4.69) is 33.3 Å². The lowest BCUT2D eigenvalue weighted by atomic mass is 9.97. The van der Waals surface area contributed by atoms with Gasteiger partial charge < -0.3 is 9.73 Å². The molecule has 6 heteroatoms. The molecule has 2 aromatic heterocycles. The van der Waals surface area contributed by atoms with Crippen LogP contribution in [0.5, 0.6) is 0 Å². The molecule has 1 aliphatic rings. The lowest BCUT2D eigenvalue weighted by Gasteiger charge is -2.20. The molecule has 1 saturated carbocycles. The number of aromatic nitrogens is 2. The van der Waals surface area contributed by atoms with Gasteiger partial charge in [0, 0.05) is 12.2 Å². The van der Waals surface area contributed by atoms with Gasteiger partial charge in [0.05, 0.1) is 17.2 Å². The largest absolute Gasteiger partial charge is 0.454 e. The Morgan fingerprint density at radius 1 is 1.46 bits per heavy atom. The lowest BCUT2D eigenvalue weighted by Crippen LogP contribution is -2.37. The molecular formula is C18H24BrN3O2. The Balaban J connectivity index is 1.57. The van der Waals surface area contributed by atoms with Gasteiger partial charge in [-0.15, -0.1) is 0 Å². The van der Waals surface area contributed by atoms with Crippen molar-refractivity contribution in [1.82, 2.24) is 15.1 Å². The summed E-state index contributed by atoms with van der Waals surface area (Å²) in [6.45, 7) is 2.73. The summed E-state index contributed by atoms with van der Waals surface area (Å²) in [4.78, 5) is 12.5. The van der Waals surface area contributed by atoms with Gasteiger partial charge in [-0.25, -0.2) is 0 Å². The molecule has 130 valence electrons. The average molecular weight is 394 g/mol. The highest BCUT2D eigenvalue weighted by atomic mass is 79.9. The number of hydrogen-bond donors (Lipinski definition) is 1. The molecule has 1 N–H and O–H groups in total. The summed E-state index contributed by atoms with van der Waals surface area (Å²) in [6.07, 6.45) is 10.8. The number of furan rings is 1. The number of hydrogen-bond acceptors (Lipinski definition) is 3. The predicted molar refractivity (Wildman–Crippen MR) is 95.9 cm³/mol. The maximum Gasteiger partial charge on any atom is 0.287 e. The molecule has 1 amide bonds. The van der Waals surface area contributed by atoms with Crippen molar-refractivity contribution in [3.05, 3.63) is 40.5 Å². The summed E-state index contributed by atoms with van der Waals surface area (Å²) >= 11 is 3.37. The minimum Gasteiger partial charge on any atom is -0.454 e. The molecule has 5 nitrogen and oxygen atoms in total. The summed E-state index contributed by atoms with van der Waals surface area (Å²) in [7, 11) is 0. The zero-order valence-corrected chi connectivity index (χ0v) is 15.6. The van der Waals surface area contributed by atoms with Crippen LogP contribution in [-0.4, -0.2) is 21.7 Å². The SMILES string of the molecule is CCCCC1CCCC1NC(=O)c1ccc(Cn2cc(Br)cn2)o1. The Labute approximate surface area is 150 Å². The van der Waals surface area contributed by atoms with Crippen LogP contribution in [-0.2, 0) is 6.54 Å². The number of halogens is 1. The number of nitrogens with zero attached hydrogens (tertiary/aromatic N) is 2. The molecule has 2 heterocycles. The van der Waals surface area contributed by atoms with Crippen LogP contribution >= 0.6 is 15.9 Å². The quantitative estimate of drug-likeness (QED) is 0.759. The van der Waals surface area contributed by atoms with Gasteiger partial charge in [0.2, 0.25) is 0 Å². The molecule has 0 saturated heterocycles. The minimum atomic E-state index is -0.101. The van der Waals surface area contributed by atoms with E-state index < -0.39 is 0 Å². The number of nitrogens with one attached hydrogen (secondary N) is 1. The average Bonchev–Trinajstić information content (AvgIpc) is 3.28. The molecule has 24 heavy (non-hydrogen) atoms. The van der Waals surface area contributed by atoms with E-state index >= 15 is 0 Å². The van der Waals surface area contributed by atoms with Crippen molar-refractivity contribution >= 4 is 21.8 Å². The monoisotopic (exact) mass is 393 g/mol. The molecule has 0 aromatic carbocycles. The fourth-order valence-electron chi connectivity index (χ4n) is 3.45. The second-order valence-corrected chi connectivity index (χ2v) is 7.45. The summed E-state index contributed by atoms with van der Waals surface area (Å²) < 4.78 is 8.39. The van der Waals surface area contributed by atoms with Crippen LogP contribution in [0, 0.1) is 5.92 Å². The topological polar surface area (TPSA) is 60.1 Å². The standard InChI is InChI=1S/C18H24BrN3O2/c1-2-3-5-13-6-4-7-16(13)21-18(23)17-9-8-15(24-17)12-22-11-14(19)10-20-22/h8-11,13,16H,2-7,12H2,1H3,(H,21,23). The van der Waals surface area contributed by atoms with Crippen molar-refractivity contribution < 1.29 is 9.21 Å². The normalized spacial score (nSPS) is 20.4. The fourth-order valence-corrected chi connectivity index (χ4v) is 3.78. The Kier molecular flexibility index (Phi) is 5.76. The van der Waals surface area contributed by atoms with E-state index in [1.807, 2.05) is 12.3 Å². The van der Waals surface area contributed by atoms with Crippen LogP contribution in [0.4, 0.5) is 0 Å². The van der Waals surface area contributed by atoms with Crippen molar-refractivity contribution in [3.63, 3.8) is 0 Å². The Morgan fingerprint density at radius 2 is 2.33 bits per heavy atom. The summed E-state index contributed by atoms with van der Waals surface area (Å²) in [5, 5.41) is 7.37. The van der Waals surface area contributed by atoms with E-state index in [0.717, 1.165) is 16.7 Å². The van der Waals surface area contributed by atoms with E-state index in [9.17, 15) is 4.79 Å². The van der Waals surface area contributed by atoms with E-state index in [1.54, 1.807) is 16.9 Å². The van der Waals surface area contributed by atoms with Gasteiger partial charge in [0.1, 0.15) is 5.76 Å². The lowest BCUT2D eigenvalue weighted by molar-refractivity contribution is 0.0896. The smallest absolute Gasteiger partial charge is 0.287 e. The second-order valence-electron chi connectivity index (χ2n) is 6.54. The van der Waals surface area contributed by atoms with Gasteiger partial charge in [-0.3, -0.25) is 9.48 Å². The van der Waals surface area contributed by atoms with Crippen molar-refractivity contribution in [2.45, 2.75) is 58.0 Å².